The van der Waals surface area contributed by atoms with Gasteiger partial charge in [0.15, 0.2) is 0 Å². The van der Waals surface area contributed by atoms with E-state index in [1.54, 1.807) is 31.2 Å². The van der Waals surface area contributed by atoms with Crippen molar-refractivity contribution in [3.05, 3.63) is 41.9 Å². The molecule has 0 fully saturated rings. The Morgan fingerprint density at radius 3 is 2.35 bits per heavy atom. The summed E-state index contributed by atoms with van der Waals surface area (Å²) in [7, 11) is 0. The van der Waals surface area contributed by atoms with Crippen molar-refractivity contribution in [2.45, 2.75) is 20.3 Å². The van der Waals surface area contributed by atoms with Gasteiger partial charge in [-0.15, -0.1) is 0 Å². The van der Waals surface area contributed by atoms with Crippen LogP contribution in [0, 0.1) is 0 Å². The number of rotatable bonds is 6. The van der Waals surface area contributed by atoms with Crippen molar-refractivity contribution in [2.24, 2.45) is 0 Å². The van der Waals surface area contributed by atoms with Crippen LogP contribution >= 0.6 is 0 Å². The molecule has 1 aromatic rings. The van der Waals surface area contributed by atoms with E-state index in [0.717, 1.165) is 0 Å². The molecule has 4 nitrogen and oxygen atoms in total. The standard InChI is InChI=1S/C13H16O4/c1-3-11(16-4-2)12(13(14)15)17-10-8-6-5-7-9-10/h5-9H,3-4H2,1-2H3,(H,14,15)/b12-11+. The SMILES string of the molecule is CCO/C(CC)=C(/Oc1ccccc1)C(=O)O. The van der Waals surface area contributed by atoms with Gasteiger partial charge in [-0.25, -0.2) is 4.79 Å². The van der Waals surface area contributed by atoms with Gasteiger partial charge in [0, 0.05) is 6.42 Å². The largest absolute Gasteiger partial charge is 0.494 e. The Labute approximate surface area is 100 Å². The van der Waals surface area contributed by atoms with Crippen LogP contribution in [0.5, 0.6) is 5.75 Å². The van der Waals surface area contributed by atoms with Crippen LogP contribution in [-0.4, -0.2) is 17.7 Å². The Balaban J connectivity index is 2.97. The summed E-state index contributed by atoms with van der Waals surface area (Å²) in [5, 5.41) is 9.10. The maximum Gasteiger partial charge on any atom is 0.375 e. The molecule has 1 aromatic carbocycles. The first kappa shape index (κ1) is 13.1. The highest BCUT2D eigenvalue weighted by molar-refractivity contribution is 5.85. The molecule has 0 radical (unpaired) electrons. The summed E-state index contributed by atoms with van der Waals surface area (Å²) in [4.78, 5) is 11.1. The van der Waals surface area contributed by atoms with Gasteiger partial charge in [0.25, 0.3) is 0 Å². The van der Waals surface area contributed by atoms with E-state index in [1.807, 2.05) is 13.0 Å². The van der Waals surface area contributed by atoms with Crippen molar-refractivity contribution < 1.29 is 19.4 Å². The molecule has 1 N–H and O–H groups in total. The topological polar surface area (TPSA) is 55.8 Å². The summed E-state index contributed by atoms with van der Waals surface area (Å²) in [5.41, 5.74) is 0. The average molecular weight is 236 g/mol. The first-order valence-electron chi connectivity index (χ1n) is 5.51. The fourth-order valence-electron chi connectivity index (χ4n) is 1.33. The number of para-hydroxylation sites is 1. The number of benzene rings is 1. The zero-order valence-electron chi connectivity index (χ0n) is 9.97. The fraction of sp³-hybridized carbons (Fsp3) is 0.308. The van der Waals surface area contributed by atoms with Crippen molar-refractivity contribution in [3.63, 3.8) is 0 Å². The van der Waals surface area contributed by atoms with Crippen LogP contribution in [-0.2, 0) is 9.53 Å². The Bertz CT molecular complexity index is 395. The molecule has 17 heavy (non-hydrogen) atoms. The second-order valence-electron chi connectivity index (χ2n) is 3.26. The number of hydrogen-bond acceptors (Lipinski definition) is 3. The Kier molecular flexibility index (Phi) is 5.07. The number of ether oxygens (including phenoxy) is 2. The van der Waals surface area contributed by atoms with E-state index in [1.165, 1.54) is 0 Å². The van der Waals surface area contributed by atoms with Crippen LogP contribution in [0.3, 0.4) is 0 Å². The van der Waals surface area contributed by atoms with E-state index in [9.17, 15) is 4.79 Å². The first-order valence-corrected chi connectivity index (χ1v) is 5.51. The van der Waals surface area contributed by atoms with Crippen LogP contribution in [0.1, 0.15) is 20.3 Å². The van der Waals surface area contributed by atoms with Gasteiger partial charge in [-0.2, -0.15) is 0 Å². The minimum atomic E-state index is -1.13. The molecule has 0 aromatic heterocycles. The van der Waals surface area contributed by atoms with Crippen molar-refractivity contribution in [2.75, 3.05) is 6.61 Å². The summed E-state index contributed by atoms with van der Waals surface area (Å²) in [6.07, 6.45) is 0.475. The van der Waals surface area contributed by atoms with Gasteiger partial charge in [-0.05, 0) is 19.1 Å². The van der Waals surface area contributed by atoms with E-state index < -0.39 is 5.97 Å². The fourth-order valence-corrected chi connectivity index (χ4v) is 1.33. The van der Waals surface area contributed by atoms with E-state index in [-0.39, 0.29) is 5.76 Å². The van der Waals surface area contributed by atoms with E-state index >= 15 is 0 Å². The maximum atomic E-state index is 11.1. The highest BCUT2D eigenvalue weighted by Crippen LogP contribution is 2.18. The predicted molar refractivity (Wildman–Crippen MR) is 63.6 cm³/mol. The van der Waals surface area contributed by atoms with Gasteiger partial charge >= 0.3 is 5.97 Å². The highest BCUT2D eigenvalue weighted by atomic mass is 16.5. The Morgan fingerprint density at radius 2 is 1.88 bits per heavy atom. The van der Waals surface area contributed by atoms with E-state index in [0.29, 0.717) is 24.5 Å². The van der Waals surface area contributed by atoms with E-state index in [2.05, 4.69) is 0 Å². The lowest BCUT2D eigenvalue weighted by molar-refractivity contribution is -0.135. The lowest BCUT2D eigenvalue weighted by atomic mass is 10.3. The quantitative estimate of drug-likeness (QED) is 0.609. The maximum absolute atomic E-state index is 11.1. The van der Waals surface area contributed by atoms with Gasteiger partial charge in [-0.1, -0.05) is 25.1 Å². The van der Waals surface area contributed by atoms with Gasteiger partial charge < -0.3 is 14.6 Å². The smallest absolute Gasteiger partial charge is 0.375 e. The number of allylic oxidation sites excluding steroid dienone is 1. The van der Waals surface area contributed by atoms with Gasteiger partial charge in [0.05, 0.1) is 6.61 Å². The Morgan fingerprint density at radius 1 is 1.24 bits per heavy atom. The van der Waals surface area contributed by atoms with E-state index in [4.69, 9.17) is 14.6 Å². The van der Waals surface area contributed by atoms with Gasteiger partial charge in [0.2, 0.25) is 5.76 Å². The zero-order valence-corrected chi connectivity index (χ0v) is 9.97. The van der Waals surface area contributed by atoms with Crippen molar-refractivity contribution >= 4 is 5.97 Å². The zero-order chi connectivity index (χ0) is 12.7. The molecule has 0 atom stereocenters. The summed E-state index contributed by atoms with van der Waals surface area (Å²) in [5.74, 6) is -0.445. The molecule has 0 bridgehead atoms. The number of carbonyl (C=O) groups is 1. The number of hydrogen-bond donors (Lipinski definition) is 1. The molecule has 0 saturated heterocycles. The van der Waals surface area contributed by atoms with Crippen LogP contribution < -0.4 is 4.74 Å². The summed E-state index contributed by atoms with van der Waals surface area (Å²) in [6, 6.07) is 8.78. The van der Waals surface area contributed by atoms with Crippen molar-refractivity contribution in [3.8, 4) is 5.75 Å². The number of aliphatic carboxylic acids is 1. The van der Waals surface area contributed by atoms with Gasteiger partial charge in [-0.3, -0.25) is 0 Å². The lowest BCUT2D eigenvalue weighted by Gasteiger charge is -2.12. The minimum absolute atomic E-state index is 0.152. The van der Waals surface area contributed by atoms with Crippen LogP contribution in [0.15, 0.2) is 41.9 Å². The predicted octanol–water partition coefficient (Wildman–Crippen LogP) is 2.81. The highest BCUT2D eigenvalue weighted by Gasteiger charge is 2.17. The van der Waals surface area contributed by atoms with Crippen LogP contribution in [0.4, 0.5) is 0 Å². The second kappa shape index (κ2) is 6.58. The minimum Gasteiger partial charge on any atom is -0.494 e. The van der Waals surface area contributed by atoms with Crippen LogP contribution in [0.2, 0.25) is 0 Å². The normalized spacial score (nSPS) is 11.6. The summed E-state index contributed by atoms with van der Waals surface area (Å²) in [6.45, 7) is 4.04. The molecule has 0 aliphatic rings. The monoisotopic (exact) mass is 236 g/mol. The average Bonchev–Trinajstić information content (AvgIpc) is 2.34. The molecule has 1 rings (SSSR count). The first-order chi connectivity index (χ1) is 8.19. The molecule has 0 aliphatic carbocycles. The molecule has 4 heteroatoms. The van der Waals surface area contributed by atoms with Crippen molar-refractivity contribution in [1.82, 2.24) is 0 Å². The van der Waals surface area contributed by atoms with Gasteiger partial charge in [0.1, 0.15) is 11.5 Å². The molecule has 0 amide bonds. The van der Waals surface area contributed by atoms with Crippen LogP contribution in [0.25, 0.3) is 0 Å². The number of carboxylic acid groups (broad SMARTS) is 1. The lowest BCUT2D eigenvalue weighted by Crippen LogP contribution is -2.12. The number of carboxylic acids is 1. The molecule has 0 spiro atoms. The molecule has 0 saturated carbocycles. The van der Waals surface area contributed by atoms with Crippen molar-refractivity contribution in [1.29, 1.82) is 0 Å². The molecule has 92 valence electrons. The molecule has 0 aliphatic heterocycles. The Hall–Kier alpha value is -1.97. The molecule has 0 heterocycles. The third-order valence-corrected chi connectivity index (χ3v) is 2.05. The molecular formula is C13H16O4. The third-order valence-electron chi connectivity index (χ3n) is 2.05. The third kappa shape index (κ3) is 3.83. The molecule has 0 unspecified atom stereocenters. The summed E-state index contributed by atoms with van der Waals surface area (Å²) >= 11 is 0. The second-order valence-corrected chi connectivity index (χ2v) is 3.26. The summed E-state index contributed by atoms with van der Waals surface area (Å²) < 4.78 is 10.6. The molecular weight excluding hydrogens is 220 g/mol.